The molecule has 1 aromatic heterocycles. The lowest BCUT2D eigenvalue weighted by Gasteiger charge is -2.02. The molecule has 0 N–H and O–H groups in total. The predicted octanol–water partition coefficient (Wildman–Crippen LogP) is 0.834. The molecule has 0 unspecified atom stereocenters. The molecule has 1 heterocycles. The summed E-state index contributed by atoms with van der Waals surface area (Å²) in [6.07, 6.45) is 0.643. The van der Waals surface area contributed by atoms with Crippen LogP contribution < -0.4 is 9.58 Å². The lowest BCUT2D eigenvalue weighted by atomic mass is 10.3. The van der Waals surface area contributed by atoms with Crippen LogP contribution in [0.4, 0.5) is 0 Å². The maximum atomic E-state index is 11.5. The molecule has 2 rings (SSSR count). The molecule has 0 fully saturated rings. The van der Waals surface area contributed by atoms with Crippen molar-refractivity contribution < 1.29 is 9.58 Å². The van der Waals surface area contributed by atoms with Crippen molar-refractivity contribution in [3.8, 4) is 5.75 Å². The first-order valence-corrected chi connectivity index (χ1v) is 4.69. The van der Waals surface area contributed by atoms with Gasteiger partial charge in [0.25, 0.3) is 5.52 Å². The first-order chi connectivity index (χ1) is 7.24. The summed E-state index contributed by atoms with van der Waals surface area (Å²) in [7, 11) is 1.55. The Morgan fingerprint density at radius 2 is 2.27 bits per heavy atom. The number of aromatic nitrogens is 3. The van der Waals surface area contributed by atoms with E-state index in [-0.39, 0.29) is 0 Å². The van der Waals surface area contributed by atoms with Gasteiger partial charge in [-0.1, -0.05) is 6.92 Å². The van der Waals surface area contributed by atoms with Crippen molar-refractivity contribution in [1.82, 2.24) is 10.1 Å². The predicted molar refractivity (Wildman–Crippen MR) is 54.4 cm³/mol. The highest BCUT2D eigenvalue weighted by Gasteiger charge is 2.10. The van der Waals surface area contributed by atoms with Crippen molar-refractivity contribution >= 4 is 11.0 Å². The van der Waals surface area contributed by atoms with Crippen LogP contribution in [0.25, 0.3) is 11.0 Å². The van der Waals surface area contributed by atoms with Crippen LogP contribution in [0.5, 0.6) is 5.75 Å². The van der Waals surface area contributed by atoms with Crippen molar-refractivity contribution in [2.75, 3.05) is 7.11 Å². The van der Waals surface area contributed by atoms with Crippen molar-refractivity contribution in [1.29, 1.82) is 0 Å². The summed E-state index contributed by atoms with van der Waals surface area (Å²) in [5, 5.41) is 15.3. The molecule has 0 aliphatic carbocycles. The molecule has 0 aliphatic rings. The first kappa shape index (κ1) is 9.64. The van der Waals surface area contributed by atoms with Crippen molar-refractivity contribution in [3.63, 3.8) is 0 Å². The highest BCUT2D eigenvalue weighted by atomic mass is 16.5. The van der Waals surface area contributed by atoms with E-state index in [0.29, 0.717) is 33.9 Å². The number of rotatable bonds is 2. The zero-order valence-electron chi connectivity index (χ0n) is 8.60. The molecule has 2 aromatic rings. The first-order valence-electron chi connectivity index (χ1n) is 4.69. The van der Waals surface area contributed by atoms with Gasteiger partial charge in [0.15, 0.2) is 5.82 Å². The smallest absolute Gasteiger partial charge is 0.274 e. The van der Waals surface area contributed by atoms with Gasteiger partial charge in [-0.3, -0.25) is 0 Å². The van der Waals surface area contributed by atoms with Crippen molar-refractivity contribution in [2.45, 2.75) is 13.3 Å². The van der Waals surface area contributed by atoms with E-state index >= 15 is 0 Å². The molecule has 0 spiro atoms. The van der Waals surface area contributed by atoms with Gasteiger partial charge < -0.3 is 9.94 Å². The van der Waals surface area contributed by atoms with E-state index in [4.69, 9.17) is 4.74 Å². The van der Waals surface area contributed by atoms with Crippen LogP contribution in [0.15, 0.2) is 18.2 Å². The number of hydrogen-bond acceptors (Lipinski definition) is 4. The number of ether oxygens (including phenoxy) is 1. The Hall–Kier alpha value is -1.91. The number of aryl methyl sites for hydroxylation is 1. The Morgan fingerprint density at radius 1 is 1.47 bits per heavy atom. The minimum atomic E-state index is 0.423. The third-order valence-corrected chi connectivity index (χ3v) is 2.16. The quantitative estimate of drug-likeness (QED) is 0.538. The highest BCUT2D eigenvalue weighted by molar-refractivity contribution is 5.72. The fourth-order valence-electron chi connectivity index (χ4n) is 1.35. The van der Waals surface area contributed by atoms with Gasteiger partial charge in [-0.05, 0) is 17.0 Å². The Labute approximate surface area is 86.9 Å². The monoisotopic (exact) mass is 205 g/mol. The minimum Gasteiger partial charge on any atom is -0.594 e. The van der Waals surface area contributed by atoms with E-state index in [9.17, 15) is 5.21 Å². The van der Waals surface area contributed by atoms with E-state index in [1.54, 1.807) is 25.3 Å². The van der Waals surface area contributed by atoms with Gasteiger partial charge in [0.1, 0.15) is 11.3 Å². The minimum absolute atomic E-state index is 0.423. The lowest BCUT2D eigenvalue weighted by Crippen LogP contribution is -2.33. The van der Waals surface area contributed by atoms with Crippen LogP contribution in [0.3, 0.4) is 0 Å². The topological polar surface area (TPSA) is 62.0 Å². The van der Waals surface area contributed by atoms with Crippen molar-refractivity contribution in [2.24, 2.45) is 0 Å². The molecule has 0 bridgehead atoms. The summed E-state index contributed by atoms with van der Waals surface area (Å²) < 4.78 is 5.03. The van der Waals surface area contributed by atoms with E-state index in [0.717, 1.165) is 0 Å². The van der Waals surface area contributed by atoms with Crippen molar-refractivity contribution in [3.05, 3.63) is 29.2 Å². The van der Waals surface area contributed by atoms with Gasteiger partial charge in [0, 0.05) is 11.5 Å². The average molecular weight is 205 g/mol. The van der Waals surface area contributed by atoms with Crippen LogP contribution in [0.1, 0.15) is 12.7 Å². The van der Waals surface area contributed by atoms with Gasteiger partial charge in [-0.25, -0.2) is 4.98 Å². The zero-order chi connectivity index (χ0) is 10.8. The molecule has 0 amide bonds. The zero-order valence-corrected chi connectivity index (χ0v) is 8.60. The second kappa shape index (κ2) is 3.68. The fraction of sp³-hybridized carbons (Fsp3) is 0.300. The molecular weight excluding hydrogens is 194 g/mol. The van der Waals surface area contributed by atoms with Gasteiger partial charge in [-0.15, -0.1) is 0 Å². The van der Waals surface area contributed by atoms with E-state index < -0.39 is 0 Å². The van der Waals surface area contributed by atoms with Crippen LogP contribution in [-0.4, -0.2) is 17.2 Å². The summed E-state index contributed by atoms with van der Waals surface area (Å²) in [5.74, 6) is 1.17. The molecule has 5 nitrogen and oxygen atoms in total. The molecule has 0 atom stereocenters. The molecule has 0 saturated carbocycles. The number of hydrogen-bond donors (Lipinski definition) is 0. The molecule has 0 saturated heterocycles. The fourth-order valence-corrected chi connectivity index (χ4v) is 1.35. The number of fused-ring (bicyclic) bond motifs is 1. The molecule has 0 aliphatic heterocycles. The maximum Gasteiger partial charge on any atom is 0.274 e. The van der Waals surface area contributed by atoms with Gasteiger partial charge in [-0.2, -0.15) is 0 Å². The molecule has 15 heavy (non-hydrogen) atoms. The Morgan fingerprint density at radius 3 is 2.93 bits per heavy atom. The molecule has 5 heteroatoms. The third-order valence-electron chi connectivity index (χ3n) is 2.16. The largest absolute Gasteiger partial charge is 0.594 e. The SMILES string of the molecule is CCc1nc2ccc(OC)cc2[n+]([O-])n1. The third kappa shape index (κ3) is 1.68. The normalized spacial score (nSPS) is 10.5. The molecule has 78 valence electrons. The van der Waals surface area contributed by atoms with Gasteiger partial charge in [0.05, 0.1) is 13.2 Å². The summed E-state index contributed by atoms with van der Waals surface area (Å²) in [6, 6.07) is 5.15. The van der Waals surface area contributed by atoms with E-state index in [1.807, 2.05) is 6.92 Å². The standard InChI is InChI=1S/C10H11N3O2/c1-3-10-11-8-5-4-7(15-2)6-9(8)13(14)12-10/h4-6H,3H2,1-2H3. The summed E-state index contributed by atoms with van der Waals surface area (Å²) >= 11 is 0. The van der Waals surface area contributed by atoms with E-state index in [2.05, 4.69) is 10.1 Å². The van der Waals surface area contributed by atoms with Crippen LogP contribution in [0, 0.1) is 5.21 Å². The van der Waals surface area contributed by atoms with E-state index in [1.165, 1.54) is 0 Å². The number of benzene rings is 1. The second-order valence-electron chi connectivity index (χ2n) is 3.11. The van der Waals surface area contributed by atoms with Crippen LogP contribution in [-0.2, 0) is 6.42 Å². The van der Waals surface area contributed by atoms with Gasteiger partial charge >= 0.3 is 0 Å². The molecule has 0 radical (unpaired) electrons. The van der Waals surface area contributed by atoms with Crippen LogP contribution in [0.2, 0.25) is 0 Å². The molecule has 1 aromatic carbocycles. The lowest BCUT2D eigenvalue weighted by molar-refractivity contribution is -0.644. The Balaban J connectivity index is 2.68. The average Bonchev–Trinajstić information content (AvgIpc) is 2.28. The molecular formula is C10H11N3O2. The Bertz CT molecular complexity index is 499. The van der Waals surface area contributed by atoms with Crippen LogP contribution >= 0.6 is 0 Å². The number of methoxy groups -OCH3 is 1. The summed E-state index contributed by atoms with van der Waals surface area (Å²) in [4.78, 5) is 4.83. The highest BCUT2D eigenvalue weighted by Crippen LogP contribution is 2.15. The second-order valence-corrected chi connectivity index (χ2v) is 3.11. The maximum absolute atomic E-state index is 11.5. The van der Waals surface area contributed by atoms with Gasteiger partial charge in [0.2, 0.25) is 0 Å². The summed E-state index contributed by atoms with van der Waals surface area (Å²) in [5.41, 5.74) is 1.06. The number of nitrogens with zero attached hydrogens (tertiary/aromatic N) is 3. The Kier molecular flexibility index (Phi) is 2.37. The summed E-state index contributed by atoms with van der Waals surface area (Å²) in [6.45, 7) is 1.91.